The number of imidazole rings is 3. The van der Waals surface area contributed by atoms with E-state index in [1.165, 1.54) is 86.6 Å². The maximum Gasteiger partial charge on any atom is 0.358 e. The molecule has 6 aromatic carbocycles. The van der Waals surface area contributed by atoms with Gasteiger partial charge in [-0.1, -0.05) is 84.9 Å². The van der Waals surface area contributed by atoms with Crippen LogP contribution in [0.15, 0.2) is 199 Å². The summed E-state index contributed by atoms with van der Waals surface area (Å²) < 4.78 is 123. The summed E-state index contributed by atoms with van der Waals surface area (Å²) in [6, 6.07) is 37.2. The smallest absolute Gasteiger partial charge is 0.358 e. The summed E-state index contributed by atoms with van der Waals surface area (Å²) in [5.74, 6) is -1.97. The minimum atomic E-state index is -4.40. The number of hydrogen-bond donors (Lipinski definition) is 1. The predicted octanol–water partition coefficient (Wildman–Crippen LogP) is 9.28. The van der Waals surface area contributed by atoms with Gasteiger partial charge in [0.2, 0.25) is 10.1 Å². The fourth-order valence-electron chi connectivity index (χ4n) is 9.95. The van der Waals surface area contributed by atoms with Gasteiger partial charge in [0, 0.05) is 97.8 Å². The highest BCUT2D eigenvalue weighted by molar-refractivity contribution is 8.13. The van der Waals surface area contributed by atoms with Gasteiger partial charge in [-0.3, -0.25) is 19.6 Å². The fraction of sp³-hybridized carbons (Fsp3) is 0.131. The number of carbonyl (C=O) groups excluding carboxylic acids is 2. The van der Waals surface area contributed by atoms with Crippen molar-refractivity contribution in [3.05, 3.63) is 240 Å². The number of aryl methyl sites for hydroxylation is 3. The molecule has 2 amide bonds. The van der Waals surface area contributed by atoms with E-state index in [1.807, 2.05) is 60.7 Å². The Labute approximate surface area is 512 Å². The number of rotatable bonds is 15. The number of ether oxygens (including phenoxy) is 1. The molecule has 5 aromatic heterocycles. The number of phenolic OH excluding ortho intramolecular Hbond substituents is 1. The first-order valence-corrected chi connectivity index (χ1v) is 31.8. The van der Waals surface area contributed by atoms with Crippen molar-refractivity contribution < 1.29 is 61.8 Å². The molecule has 0 saturated heterocycles. The molecular weight excluding hydrogens is 1230 g/mol. The van der Waals surface area contributed by atoms with Crippen molar-refractivity contribution >= 4 is 73.6 Å². The van der Waals surface area contributed by atoms with E-state index in [4.69, 9.17) is 23.8 Å². The monoisotopic (exact) mass is 1280 g/mol. The molecule has 0 atom stereocenters. The van der Waals surface area contributed by atoms with E-state index >= 15 is 0 Å². The van der Waals surface area contributed by atoms with Crippen molar-refractivity contribution in [2.45, 2.75) is 47.4 Å². The third kappa shape index (κ3) is 12.9. The van der Waals surface area contributed by atoms with Gasteiger partial charge in [0.05, 0.1) is 43.2 Å². The second kappa shape index (κ2) is 24.6. The molecule has 0 radical (unpaired) electrons. The van der Waals surface area contributed by atoms with Gasteiger partial charge in [0.1, 0.15) is 28.8 Å². The van der Waals surface area contributed by atoms with Crippen LogP contribution in [0.4, 0.5) is 8.78 Å². The summed E-state index contributed by atoms with van der Waals surface area (Å²) in [5.41, 5.74) is 4.00. The first-order chi connectivity index (χ1) is 42.5. The standard InChI is InChI=1S/C35H27FN4O5S.C22H17FN4O5S.C4H5ClN2O2S/c1-39-21-29(38-22-39)46(42,43)45-33-27-13-8-18-37-31(27)34(44-32(24-9-4-2-5-10-24)25-11-6-3-7-12-25)30-28(33)20-40(35(30)41)19-23-14-16-26(36)17-15-23;1-26-11-17(25-12-26)33(30,31)32-21-15-3-2-8-24-19(15)20(28)18-16(21)10-27(22(18)29)9-13-4-6-14(23)7-5-13;1-7-2-4(6-3-7)10(5,8)9/h2-18,21-22,32H,19-20H2,1H3;2-8,11-12,28H,9-10H2,1H3;2-3H,1H3. The second-order valence-corrected chi connectivity index (χ2v) is 25.9. The molecule has 22 nitrogen and oxygen atoms in total. The SMILES string of the molecule is Cn1cnc(S(=O)(=O)Cl)c1.Cn1cnc(S(=O)(=O)Oc2c3c(c(O)c4ncccc24)C(=O)N(Cc2ccc(F)cc2)C3)c1.Cn1cnc(S(=O)(=O)Oc2c3c(c(OC(c4ccccc4)c4ccccc4)c4ncccc24)C(=O)N(Cc2ccc(F)cc2)C3)c1. The van der Waals surface area contributed by atoms with Crippen LogP contribution in [0.25, 0.3) is 21.8 Å². The normalized spacial score (nSPS) is 13.0. The van der Waals surface area contributed by atoms with Crippen LogP contribution in [0.3, 0.4) is 0 Å². The van der Waals surface area contributed by atoms with Crippen molar-refractivity contribution in [2.75, 3.05) is 0 Å². The number of aromatic hydroxyl groups is 1. The minimum Gasteiger partial charge on any atom is -0.505 e. The quantitative estimate of drug-likeness (QED) is 0.0739. The number of pyridine rings is 2. The third-order valence-electron chi connectivity index (χ3n) is 14.1. The summed E-state index contributed by atoms with van der Waals surface area (Å²) in [6.07, 6.45) is 10.4. The van der Waals surface area contributed by atoms with Gasteiger partial charge in [0.25, 0.3) is 20.9 Å². The van der Waals surface area contributed by atoms with Gasteiger partial charge in [-0.05, 0) is 70.8 Å². The number of hydrogen-bond acceptors (Lipinski definition) is 17. The van der Waals surface area contributed by atoms with Gasteiger partial charge in [-0.2, -0.15) is 16.8 Å². The molecule has 0 saturated carbocycles. The van der Waals surface area contributed by atoms with Crippen LogP contribution in [0.5, 0.6) is 23.0 Å². The Hall–Kier alpha value is -10.1. The lowest BCUT2D eigenvalue weighted by Crippen LogP contribution is -2.23. The van der Waals surface area contributed by atoms with Crippen LogP contribution in [-0.4, -0.2) is 90.6 Å². The molecule has 89 heavy (non-hydrogen) atoms. The topological polar surface area (TPSA) is 270 Å². The highest BCUT2D eigenvalue weighted by atomic mass is 35.7. The van der Waals surface area contributed by atoms with Gasteiger partial charge in [-0.25, -0.2) is 32.2 Å². The fourth-order valence-corrected chi connectivity index (χ4v) is 12.6. The van der Waals surface area contributed by atoms with Crippen LogP contribution in [0, 0.1) is 11.6 Å². The Bertz CT molecular complexity index is 4830. The summed E-state index contributed by atoms with van der Waals surface area (Å²) in [5, 5.41) is 10.7. The highest BCUT2D eigenvalue weighted by Gasteiger charge is 2.40. The van der Waals surface area contributed by atoms with E-state index in [2.05, 4.69) is 24.9 Å². The number of benzene rings is 6. The molecule has 2 aliphatic heterocycles. The Morgan fingerprint density at radius 2 is 0.921 bits per heavy atom. The molecule has 0 fully saturated rings. The number of fused-ring (bicyclic) bond motifs is 4. The van der Waals surface area contributed by atoms with E-state index in [9.17, 15) is 48.7 Å². The lowest BCUT2D eigenvalue weighted by molar-refractivity contribution is 0.0756. The summed E-state index contributed by atoms with van der Waals surface area (Å²) in [6.45, 7) is 0.270. The van der Waals surface area contributed by atoms with Crippen LogP contribution < -0.4 is 13.1 Å². The first kappa shape index (κ1) is 60.6. The number of halogens is 3. The van der Waals surface area contributed by atoms with Gasteiger partial charge in [0.15, 0.2) is 28.0 Å². The van der Waals surface area contributed by atoms with E-state index in [0.717, 1.165) is 11.1 Å². The van der Waals surface area contributed by atoms with E-state index in [0.29, 0.717) is 22.1 Å². The Morgan fingerprint density at radius 1 is 0.517 bits per heavy atom. The van der Waals surface area contributed by atoms with Crippen molar-refractivity contribution in [3.8, 4) is 23.0 Å². The number of amides is 2. The molecular formula is C61H49ClF2N10O12S3. The van der Waals surface area contributed by atoms with E-state index in [1.54, 1.807) is 80.8 Å². The highest BCUT2D eigenvalue weighted by Crippen LogP contribution is 2.48. The number of aromatic nitrogens is 8. The van der Waals surface area contributed by atoms with Crippen molar-refractivity contribution in [1.29, 1.82) is 0 Å². The molecule has 28 heteroatoms. The maximum absolute atomic E-state index is 14.3. The number of nitrogens with zero attached hydrogens (tertiary/aromatic N) is 10. The molecule has 2 aliphatic rings. The summed E-state index contributed by atoms with van der Waals surface area (Å²) in [7, 11) is -2.47. The van der Waals surface area contributed by atoms with Crippen LogP contribution in [0.1, 0.15) is 60.2 Å². The molecule has 1 N–H and O–H groups in total. The first-order valence-electron chi connectivity index (χ1n) is 26.7. The lowest BCUT2D eigenvalue weighted by Gasteiger charge is -2.23. The van der Waals surface area contributed by atoms with Gasteiger partial charge >= 0.3 is 20.2 Å². The molecule has 13 rings (SSSR count). The maximum atomic E-state index is 14.3. The minimum absolute atomic E-state index is 0.0150. The molecule has 7 heterocycles. The molecule has 11 aromatic rings. The molecule has 0 unspecified atom stereocenters. The second-order valence-electron chi connectivity index (χ2n) is 20.4. The molecule has 0 spiro atoms. The van der Waals surface area contributed by atoms with Crippen molar-refractivity contribution in [2.24, 2.45) is 21.1 Å². The van der Waals surface area contributed by atoms with Crippen molar-refractivity contribution in [1.82, 2.24) is 48.4 Å². The van der Waals surface area contributed by atoms with E-state index in [-0.39, 0.29) is 97.4 Å². The zero-order valence-corrected chi connectivity index (χ0v) is 50.2. The summed E-state index contributed by atoms with van der Waals surface area (Å²) in [4.78, 5) is 50.5. The summed E-state index contributed by atoms with van der Waals surface area (Å²) >= 11 is 0. The Balaban J connectivity index is 0.000000165. The lowest BCUT2D eigenvalue weighted by atomic mass is 9.99. The molecule has 0 aliphatic carbocycles. The largest absolute Gasteiger partial charge is 0.505 e. The Morgan fingerprint density at radius 3 is 1.34 bits per heavy atom. The predicted molar refractivity (Wildman–Crippen MR) is 319 cm³/mol. The van der Waals surface area contributed by atoms with E-state index < -0.39 is 58.8 Å². The van der Waals surface area contributed by atoms with Gasteiger partial charge in [-0.15, -0.1) is 0 Å². The van der Waals surface area contributed by atoms with Gasteiger partial charge < -0.3 is 41.7 Å². The zero-order chi connectivity index (χ0) is 62.9. The molecule has 454 valence electrons. The van der Waals surface area contributed by atoms with Crippen LogP contribution >= 0.6 is 10.7 Å². The molecule has 0 bridgehead atoms. The number of phenols is 1. The van der Waals surface area contributed by atoms with Crippen LogP contribution in [0.2, 0.25) is 0 Å². The Kier molecular flexibility index (Phi) is 16.7. The average molecular weight is 1280 g/mol. The van der Waals surface area contributed by atoms with Crippen molar-refractivity contribution in [3.63, 3.8) is 0 Å². The zero-order valence-electron chi connectivity index (χ0n) is 47.0. The average Bonchev–Trinajstić information content (AvgIpc) is 1.68. The third-order valence-corrected chi connectivity index (χ3v) is 17.5. The van der Waals surface area contributed by atoms with Crippen LogP contribution in [-0.2, 0) is 76.6 Å². The number of carbonyl (C=O) groups is 2.